The zero-order valence-electron chi connectivity index (χ0n) is 8.40. The SMILES string of the molecule is O=[N+]([O-])c1c(OC2CC2)ccnc1C(F)(F)F. The Morgan fingerprint density at radius 3 is 2.59 bits per heavy atom. The second-order valence-corrected chi connectivity index (χ2v) is 3.58. The number of pyridine rings is 1. The smallest absolute Gasteiger partial charge is 0.440 e. The Balaban J connectivity index is 2.47. The number of halogens is 3. The molecule has 5 nitrogen and oxygen atoms in total. The number of hydrogen-bond donors (Lipinski definition) is 0. The molecule has 1 aliphatic carbocycles. The highest BCUT2D eigenvalue weighted by Gasteiger charge is 2.43. The highest BCUT2D eigenvalue weighted by atomic mass is 19.4. The Kier molecular flexibility index (Phi) is 2.64. The van der Waals surface area contributed by atoms with Crippen LogP contribution in [0.1, 0.15) is 18.5 Å². The fraction of sp³-hybridized carbons (Fsp3) is 0.444. The van der Waals surface area contributed by atoms with Gasteiger partial charge in [0.05, 0.1) is 11.0 Å². The van der Waals surface area contributed by atoms with E-state index in [-0.39, 0.29) is 11.9 Å². The molecule has 0 radical (unpaired) electrons. The summed E-state index contributed by atoms with van der Waals surface area (Å²) in [4.78, 5) is 12.6. The van der Waals surface area contributed by atoms with Crippen LogP contribution in [0.2, 0.25) is 0 Å². The minimum Gasteiger partial charge on any atom is -0.483 e. The summed E-state index contributed by atoms with van der Waals surface area (Å²) < 4.78 is 42.6. The molecule has 0 unspecified atom stereocenters. The van der Waals surface area contributed by atoms with Gasteiger partial charge >= 0.3 is 11.9 Å². The van der Waals surface area contributed by atoms with Gasteiger partial charge in [0.15, 0.2) is 0 Å². The third kappa shape index (κ3) is 2.45. The van der Waals surface area contributed by atoms with Gasteiger partial charge in [-0.2, -0.15) is 13.2 Å². The van der Waals surface area contributed by atoms with Crippen molar-refractivity contribution in [3.8, 4) is 5.75 Å². The van der Waals surface area contributed by atoms with Gasteiger partial charge in [-0.1, -0.05) is 0 Å². The molecule has 1 aromatic rings. The van der Waals surface area contributed by atoms with Gasteiger partial charge in [-0.3, -0.25) is 10.1 Å². The van der Waals surface area contributed by atoms with E-state index in [1.54, 1.807) is 0 Å². The van der Waals surface area contributed by atoms with Gasteiger partial charge in [0.25, 0.3) is 0 Å². The van der Waals surface area contributed by atoms with Crippen LogP contribution >= 0.6 is 0 Å². The van der Waals surface area contributed by atoms with E-state index < -0.39 is 22.5 Å². The highest BCUT2D eigenvalue weighted by Crippen LogP contribution is 2.41. The predicted molar refractivity (Wildman–Crippen MR) is 49.5 cm³/mol. The van der Waals surface area contributed by atoms with Crippen molar-refractivity contribution in [2.75, 3.05) is 0 Å². The molecule has 8 heteroatoms. The molecule has 1 fully saturated rings. The zero-order valence-corrected chi connectivity index (χ0v) is 8.40. The van der Waals surface area contributed by atoms with E-state index in [4.69, 9.17) is 4.74 Å². The quantitative estimate of drug-likeness (QED) is 0.609. The van der Waals surface area contributed by atoms with E-state index in [0.29, 0.717) is 12.8 Å². The number of nitrogens with zero attached hydrogens (tertiary/aromatic N) is 2. The fourth-order valence-electron chi connectivity index (χ4n) is 1.28. The molecule has 0 spiro atoms. The Morgan fingerprint density at radius 1 is 1.47 bits per heavy atom. The molecule has 0 saturated heterocycles. The maximum absolute atomic E-state index is 12.5. The van der Waals surface area contributed by atoms with Crippen LogP contribution in [0.5, 0.6) is 5.75 Å². The van der Waals surface area contributed by atoms with Crippen LogP contribution in [0.25, 0.3) is 0 Å². The Hall–Kier alpha value is -1.86. The summed E-state index contributed by atoms with van der Waals surface area (Å²) in [5.41, 5.74) is -2.65. The van der Waals surface area contributed by atoms with Crippen molar-refractivity contribution < 1.29 is 22.8 Å². The first-order valence-corrected chi connectivity index (χ1v) is 4.77. The standard InChI is InChI=1S/C9H7F3N2O3/c10-9(11,12)8-7(14(15)16)6(3-4-13-8)17-5-1-2-5/h3-5H,1-2H2. The van der Waals surface area contributed by atoms with Crippen LogP contribution in [0, 0.1) is 10.1 Å². The average molecular weight is 248 g/mol. The third-order valence-electron chi connectivity index (χ3n) is 2.16. The van der Waals surface area contributed by atoms with Crippen LogP contribution in [-0.2, 0) is 6.18 Å². The lowest BCUT2D eigenvalue weighted by Crippen LogP contribution is -2.13. The van der Waals surface area contributed by atoms with E-state index in [9.17, 15) is 23.3 Å². The number of rotatable bonds is 3. The summed E-state index contributed by atoms with van der Waals surface area (Å²) in [5, 5.41) is 10.7. The zero-order chi connectivity index (χ0) is 12.6. The van der Waals surface area contributed by atoms with Gasteiger partial charge in [-0.25, -0.2) is 4.98 Å². The average Bonchev–Trinajstić information content (AvgIpc) is 2.99. The molecular formula is C9H7F3N2O3. The number of nitro groups is 1. The van der Waals surface area contributed by atoms with Crippen molar-refractivity contribution in [3.05, 3.63) is 28.1 Å². The normalized spacial score (nSPS) is 15.7. The van der Waals surface area contributed by atoms with Crippen molar-refractivity contribution in [2.24, 2.45) is 0 Å². The molecule has 0 aliphatic heterocycles. The summed E-state index contributed by atoms with van der Waals surface area (Å²) in [6.45, 7) is 0. The van der Waals surface area contributed by atoms with Gasteiger partial charge in [-0.05, 0) is 12.8 Å². The van der Waals surface area contributed by atoms with Crippen LogP contribution in [-0.4, -0.2) is 16.0 Å². The van der Waals surface area contributed by atoms with Crippen molar-refractivity contribution >= 4 is 5.69 Å². The molecule has 92 valence electrons. The molecule has 1 aliphatic rings. The first-order chi connectivity index (χ1) is 7.89. The van der Waals surface area contributed by atoms with Gasteiger partial charge in [0.1, 0.15) is 0 Å². The van der Waals surface area contributed by atoms with Crippen molar-refractivity contribution in [1.82, 2.24) is 4.98 Å². The highest BCUT2D eigenvalue weighted by molar-refractivity contribution is 5.50. The first-order valence-electron chi connectivity index (χ1n) is 4.77. The predicted octanol–water partition coefficient (Wildman–Crippen LogP) is 2.55. The molecule has 0 atom stereocenters. The summed E-state index contributed by atoms with van der Waals surface area (Å²) in [5.74, 6) is -0.375. The first kappa shape index (κ1) is 11.6. The molecule has 0 bridgehead atoms. The molecule has 0 amide bonds. The Labute approximate surface area is 93.4 Å². The lowest BCUT2D eigenvalue weighted by atomic mass is 10.2. The summed E-state index contributed by atoms with van der Waals surface area (Å²) >= 11 is 0. The topological polar surface area (TPSA) is 65.3 Å². The second-order valence-electron chi connectivity index (χ2n) is 3.58. The summed E-state index contributed by atoms with van der Waals surface area (Å²) in [7, 11) is 0. The molecule has 17 heavy (non-hydrogen) atoms. The van der Waals surface area contributed by atoms with Crippen LogP contribution in [0.3, 0.4) is 0 Å². The fourth-order valence-corrected chi connectivity index (χ4v) is 1.28. The Bertz CT molecular complexity index is 457. The lowest BCUT2D eigenvalue weighted by Gasteiger charge is -2.09. The van der Waals surface area contributed by atoms with Crippen molar-refractivity contribution in [1.29, 1.82) is 0 Å². The van der Waals surface area contributed by atoms with Gasteiger partial charge in [0, 0.05) is 12.3 Å². The number of aromatic nitrogens is 1. The van der Waals surface area contributed by atoms with Crippen LogP contribution < -0.4 is 4.74 Å². The lowest BCUT2D eigenvalue weighted by molar-refractivity contribution is -0.389. The molecular weight excluding hydrogens is 241 g/mol. The maximum Gasteiger partial charge on any atom is 0.440 e. The second kappa shape index (κ2) is 3.86. The van der Waals surface area contributed by atoms with Gasteiger partial charge < -0.3 is 4.74 Å². The number of alkyl halides is 3. The van der Waals surface area contributed by atoms with E-state index in [1.165, 1.54) is 0 Å². The third-order valence-corrected chi connectivity index (χ3v) is 2.16. The Morgan fingerprint density at radius 2 is 2.12 bits per heavy atom. The van der Waals surface area contributed by atoms with Crippen molar-refractivity contribution in [2.45, 2.75) is 25.1 Å². The van der Waals surface area contributed by atoms with E-state index >= 15 is 0 Å². The van der Waals surface area contributed by atoms with Crippen LogP contribution in [0.15, 0.2) is 12.3 Å². The molecule has 0 aromatic carbocycles. The minimum atomic E-state index is -4.87. The van der Waals surface area contributed by atoms with Gasteiger partial charge in [0.2, 0.25) is 11.4 Å². The van der Waals surface area contributed by atoms with Crippen LogP contribution in [0.4, 0.5) is 18.9 Å². The molecule has 1 heterocycles. The van der Waals surface area contributed by atoms with Gasteiger partial charge in [-0.15, -0.1) is 0 Å². The number of ether oxygens (including phenoxy) is 1. The van der Waals surface area contributed by atoms with E-state index in [2.05, 4.69) is 4.98 Å². The van der Waals surface area contributed by atoms with E-state index in [0.717, 1.165) is 12.3 Å². The molecule has 0 N–H and O–H groups in total. The maximum atomic E-state index is 12.5. The molecule has 2 rings (SSSR count). The van der Waals surface area contributed by atoms with E-state index in [1.807, 2.05) is 0 Å². The molecule has 1 saturated carbocycles. The summed E-state index contributed by atoms with van der Waals surface area (Å²) in [6, 6.07) is 1.08. The summed E-state index contributed by atoms with van der Waals surface area (Å²) in [6.07, 6.45) is -2.85. The monoisotopic (exact) mass is 248 g/mol. The molecule has 1 aromatic heterocycles. The minimum absolute atomic E-state index is 0.225. The number of hydrogen-bond acceptors (Lipinski definition) is 4. The largest absolute Gasteiger partial charge is 0.483 e. The van der Waals surface area contributed by atoms with Crippen molar-refractivity contribution in [3.63, 3.8) is 0 Å².